The molecule has 0 bridgehead atoms. The van der Waals surface area contributed by atoms with Crippen LogP contribution in [0.1, 0.15) is 33.6 Å². The van der Waals surface area contributed by atoms with E-state index in [0.717, 1.165) is 45.7 Å². The number of carbonyl (C=O) groups is 1. The monoisotopic (exact) mass is 270 g/mol. The molecule has 0 aliphatic carbocycles. The van der Waals surface area contributed by atoms with Crippen LogP contribution in [0.15, 0.2) is 0 Å². The first kappa shape index (κ1) is 14.6. The molecule has 110 valence electrons. The van der Waals surface area contributed by atoms with E-state index in [1.54, 1.807) is 4.90 Å². The molecule has 5 nitrogen and oxygen atoms in total. The Morgan fingerprint density at radius 1 is 1.42 bits per heavy atom. The second-order valence-electron chi connectivity index (χ2n) is 6.55. The summed E-state index contributed by atoms with van der Waals surface area (Å²) in [5, 5.41) is 3.54. The SMILES string of the molecule is CC(C)(C)OC(=O)N1CC[C@H](NCC2CCOC2)C1. The van der Waals surface area contributed by atoms with E-state index in [4.69, 9.17) is 9.47 Å². The Morgan fingerprint density at radius 3 is 2.84 bits per heavy atom. The average molecular weight is 270 g/mol. The topological polar surface area (TPSA) is 50.8 Å². The fraction of sp³-hybridized carbons (Fsp3) is 0.929. The molecule has 0 aromatic rings. The lowest BCUT2D eigenvalue weighted by Gasteiger charge is -2.24. The fourth-order valence-electron chi connectivity index (χ4n) is 2.50. The Balaban J connectivity index is 1.68. The van der Waals surface area contributed by atoms with Gasteiger partial charge in [-0.2, -0.15) is 0 Å². The van der Waals surface area contributed by atoms with Crippen molar-refractivity contribution in [3.05, 3.63) is 0 Å². The second kappa shape index (κ2) is 6.09. The molecule has 2 atom stereocenters. The summed E-state index contributed by atoms with van der Waals surface area (Å²) in [7, 11) is 0. The van der Waals surface area contributed by atoms with Gasteiger partial charge in [-0.3, -0.25) is 0 Å². The number of rotatable bonds is 3. The quantitative estimate of drug-likeness (QED) is 0.846. The maximum absolute atomic E-state index is 11.9. The van der Waals surface area contributed by atoms with Crippen molar-refractivity contribution in [3.63, 3.8) is 0 Å². The summed E-state index contributed by atoms with van der Waals surface area (Å²) in [6, 6.07) is 0.396. The highest BCUT2D eigenvalue weighted by Crippen LogP contribution is 2.16. The minimum absolute atomic E-state index is 0.194. The molecule has 0 aromatic carbocycles. The summed E-state index contributed by atoms with van der Waals surface area (Å²) in [6.45, 7) is 9.99. The van der Waals surface area contributed by atoms with Gasteiger partial charge in [-0.1, -0.05) is 0 Å². The molecule has 2 aliphatic rings. The van der Waals surface area contributed by atoms with Crippen LogP contribution < -0.4 is 5.32 Å². The zero-order valence-electron chi connectivity index (χ0n) is 12.3. The Morgan fingerprint density at radius 2 is 2.21 bits per heavy atom. The predicted octanol–water partition coefficient (Wildman–Crippen LogP) is 1.62. The number of hydrogen-bond donors (Lipinski definition) is 1. The summed E-state index contributed by atoms with van der Waals surface area (Å²) in [6.07, 6.45) is 1.96. The number of carbonyl (C=O) groups excluding carboxylic acids is 1. The number of hydrogen-bond acceptors (Lipinski definition) is 4. The Hall–Kier alpha value is -0.810. The first-order chi connectivity index (χ1) is 8.94. The van der Waals surface area contributed by atoms with Crippen LogP contribution in [-0.4, -0.2) is 55.5 Å². The van der Waals surface area contributed by atoms with E-state index in [0.29, 0.717) is 12.0 Å². The van der Waals surface area contributed by atoms with Crippen molar-refractivity contribution < 1.29 is 14.3 Å². The molecule has 1 unspecified atom stereocenters. The van der Waals surface area contributed by atoms with Crippen molar-refractivity contribution in [2.45, 2.75) is 45.3 Å². The first-order valence-corrected chi connectivity index (χ1v) is 7.23. The molecular formula is C14H26N2O3. The Kier molecular flexibility index (Phi) is 4.68. The highest BCUT2D eigenvalue weighted by molar-refractivity contribution is 5.68. The van der Waals surface area contributed by atoms with Gasteiger partial charge in [-0.25, -0.2) is 4.79 Å². The number of likely N-dealkylation sites (tertiary alicyclic amines) is 1. The van der Waals surface area contributed by atoms with E-state index in [1.165, 1.54) is 0 Å². The fourth-order valence-corrected chi connectivity index (χ4v) is 2.50. The van der Waals surface area contributed by atoms with Gasteiger partial charge >= 0.3 is 6.09 Å². The van der Waals surface area contributed by atoms with Crippen molar-refractivity contribution in [2.24, 2.45) is 5.92 Å². The lowest BCUT2D eigenvalue weighted by Crippen LogP contribution is -2.39. The van der Waals surface area contributed by atoms with Gasteiger partial charge in [-0.15, -0.1) is 0 Å². The number of nitrogens with one attached hydrogen (secondary N) is 1. The van der Waals surface area contributed by atoms with Gasteiger partial charge in [0.2, 0.25) is 0 Å². The molecule has 2 heterocycles. The van der Waals surface area contributed by atoms with Crippen LogP contribution in [0.5, 0.6) is 0 Å². The molecular weight excluding hydrogens is 244 g/mol. The molecule has 2 fully saturated rings. The van der Waals surface area contributed by atoms with Gasteiger partial charge in [0.15, 0.2) is 0 Å². The van der Waals surface area contributed by atoms with E-state index in [9.17, 15) is 4.79 Å². The lowest BCUT2D eigenvalue weighted by molar-refractivity contribution is 0.0291. The first-order valence-electron chi connectivity index (χ1n) is 7.23. The normalized spacial score (nSPS) is 27.8. The molecule has 19 heavy (non-hydrogen) atoms. The molecule has 5 heteroatoms. The van der Waals surface area contributed by atoms with Crippen molar-refractivity contribution in [2.75, 3.05) is 32.8 Å². The van der Waals surface area contributed by atoms with Gasteiger partial charge in [0.05, 0.1) is 6.61 Å². The van der Waals surface area contributed by atoms with Crippen LogP contribution in [0, 0.1) is 5.92 Å². The molecule has 0 spiro atoms. The van der Waals surface area contributed by atoms with Crippen LogP contribution in [0.25, 0.3) is 0 Å². The molecule has 0 aromatic heterocycles. The maximum atomic E-state index is 11.9. The molecule has 2 rings (SSSR count). The van der Waals surface area contributed by atoms with Gasteiger partial charge in [0, 0.05) is 32.3 Å². The third-order valence-electron chi connectivity index (χ3n) is 3.56. The summed E-state index contributed by atoms with van der Waals surface area (Å²) in [4.78, 5) is 13.7. The van der Waals surface area contributed by atoms with Crippen LogP contribution in [-0.2, 0) is 9.47 Å². The summed E-state index contributed by atoms with van der Waals surface area (Å²) < 4.78 is 10.7. The van der Waals surface area contributed by atoms with Gasteiger partial charge < -0.3 is 19.7 Å². The molecule has 2 saturated heterocycles. The minimum Gasteiger partial charge on any atom is -0.444 e. The minimum atomic E-state index is -0.413. The standard InChI is InChI=1S/C14H26N2O3/c1-14(2,3)19-13(17)16-6-4-12(9-16)15-8-11-5-7-18-10-11/h11-12,15H,4-10H2,1-3H3/t11?,12-/m0/s1. The maximum Gasteiger partial charge on any atom is 0.410 e. The molecule has 2 aliphatic heterocycles. The lowest BCUT2D eigenvalue weighted by atomic mass is 10.1. The van der Waals surface area contributed by atoms with Crippen LogP contribution >= 0.6 is 0 Å². The highest BCUT2D eigenvalue weighted by Gasteiger charge is 2.30. The Labute approximate surface area is 115 Å². The third-order valence-corrected chi connectivity index (χ3v) is 3.56. The van der Waals surface area contributed by atoms with E-state index in [1.807, 2.05) is 20.8 Å². The largest absolute Gasteiger partial charge is 0.444 e. The zero-order chi connectivity index (χ0) is 13.9. The molecule has 0 saturated carbocycles. The van der Waals surface area contributed by atoms with Crippen LogP contribution in [0.3, 0.4) is 0 Å². The summed E-state index contributed by atoms with van der Waals surface area (Å²) in [5.74, 6) is 0.635. The van der Waals surface area contributed by atoms with Gasteiger partial charge in [0.25, 0.3) is 0 Å². The van der Waals surface area contributed by atoms with E-state index < -0.39 is 5.60 Å². The van der Waals surface area contributed by atoms with Gasteiger partial charge in [-0.05, 0) is 39.5 Å². The Bertz CT molecular complexity index is 308. The smallest absolute Gasteiger partial charge is 0.410 e. The van der Waals surface area contributed by atoms with E-state index >= 15 is 0 Å². The zero-order valence-corrected chi connectivity index (χ0v) is 12.3. The average Bonchev–Trinajstić information content (AvgIpc) is 2.96. The van der Waals surface area contributed by atoms with Crippen LogP contribution in [0.2, 0.25) is 0 Å². The van der Waals surface area contributed by atoms with E-state index in [-0.39, 0.29) is 6.09 Å². The third kappa shape index (κ3) is 4.66. The number of amides is 1. The van der Waals surface area contributed by atoms with Crippen molar-refractivity contribution in [1.82, 2.24) is 10.2 Å². The highest BCUT2D eigenvalue weighted by atomic mass is 16.6. The number of ether oxygens (including phenoxy) is 2. The summed E-state index contributed by atoms with van der Waals surface area (Å²) in [5.41, 5.74) is -0.413. The molecule has 1 N–H and O–H groups in total. The second-order valence-corrected chi connectivity index (χ2v) is 6.55. The van der Waals surface area contributed by atoms with Crippen molar-refractivity contribution >= 4 is 6.09 Å². The van der Waals surface area contributed by atoms with Crippen LogP contribution in [0.4, 0.5) is 4.79 Å². The molecule has 1 amide bonds. The molecule has 0 radical (unpaired) electrons. The van der Waals surface area contributed by atoms with E-state index in [2.05, 4.69) is 5.32 Å². The summed E-state index contributed by atoms with van der Waals surface area (Å²) >= 11 is 0. The predicted molar refractivity (Wildman–Crippen MR) is 73.1 cm³/mol. The van der Waals surface area contributed by atoms with Crippen molar-refractivity contribution in [3.8, 4) is 0 Å². The van der Waals surface area contributed by atoms with Crippen molar-refractivity contribution in [1.29, 1.82) is 0 Å². The number of nitrogens with zero attached hydrogens (tertiary/aromatic N) is 1. The van der Waals surface area contributed by atoms with Gasteiger partial charge in [0.1, 0.15) is 5.60 Å².